The predicted molar refractivity (Wildman–Crippen MR) is 126 cm³/mol. The summed E-state index contributed by atoms with van der Waals surface area (Å²) in [5, 5.41) is 3.05. The normalized spacial score (nSPS) is 25.2. The average molecular weight is 467 g/mol. The Labute approximate surface area is 198 Å². The number of imide groups is 2. The molecular formula is C25H27ClN4O3. The molecule has 4 amide bonds. The molecule has 2 unspecified atom stereocenters. The molecule has 0 aromatic heterocycles. The molecule has 2 aromatic rings. The average Bonchev–Trinajstić information content (AvgIpc) is 2.83. The lowest BCUT2D eigenvalue weighted by Crippen LogP contribution is -2.75. The molecule has 2 atom stereocenters. The molecule has 5 rings (SSSR count). The molecule has 3 heterocycles. The Kier molecular flexibility index (Phi) is 5.62. The van der Waals surface area contributed by atoms with Gasteiger partial charge in [-0.2, -0.15) is 0 Å². The molecule has 33 heavy (non-hydrogen) atoms. The Bertz CT molecular complexity index is 1110. The van der Waals surface area contributed by atoms with E-state index in [1.54, 1.807) is 6.07 Å². The number of fused-ring (bicyclic) bond motifs is 4. The number of carbonyl (C=O) groups is 3. The summed E-state index contributed by atoms with van der Waals surface area (Å²) in [5.41, 5.74) is 1.39. The lowest BCUT2D eigenvalue weighted by molar-refractivity contribution is -0.154. The first-order valence-corrected chi connectivity index (χ1v) is 11.8. The maximum absolute atomic E-state index is 14.1. The molecule has 8 heteroatoms. The smallest absolute Gasteiger partial charge is 0.330 e. The highest BCUT2D eigenvalue weighted by Crippen LogP contribution is 2.47. The molecule has 0 aliphatic carbocycles. The van der Waals surface area contributed by atoms with Crippen molar-refractivity contribution in [2.45, 2.75) is 25.8 Å². The van der Waals surface area contributed by atoms with Crippen LogP contribution in [0.4, 0.5) is 10.5 Å². The Morgan fingerprint density at radius 3 is 2.61 bits per heavy atom. The van der Waals surface area contributed by atoms with Gasteiger partial charge in [0.05, 0.1) is 6.04 Å². The zero-order chi connectivity index (χ0) is 23.2. The van der Waals surface area contributed by atoms with Gasteiger partial charge in [-0.05, 0) is 36.2 Å². The minimum absolute atomic E-state index is 0.181. The van der Waals surface area contributed by atoms with E-state index in [1.165, 1.54) is 4.90 Å². The van der Waals surface area contributed by atoms with Crippen LogP contribution in [-0.4, -0.2) is 66.4 Å². The van der Waals surface area contributed by atoms with Gasteiger partial charge in [0, 0.05) is 43.3 Å². The van der Waals surface area contributed by atoms with Crippen molar-refractivity contribution in [2.24, 2.45) is 5.41 Å². The van der Waals surface area contributed by atoms with Crippen molar-refractivity contribution in [1.29, 1.82) is 0 Å². The van der Waals surface area contributed by atoms with Crippen molar-refractivity contribution in [1.82, 2.24) is 15.1 Å². The van der Waals surface area contributed by atoms with Crippen LogP contribution in [0.1, 0.15) is 18.1 Å². The van der Waals surface area contributed by atoms with Gasteiger partial charge in [-0.25, -0.2) is 4.79 Å². The predicted octanol–water partition coefficient (Wildman–Crippen LogP) is 2.71. The van der Waals surface area contributed by atoms with E-state index in [-0.39, 0.29) is 19.0 Å². The van der Waals surface area contributed by atoms with Gasteiger partial charge in [0.1, 0.15) is 0 Å². The van der Waals surface area contributed by atoms with Crippen molar-refractivity contribution in [2.75, 3.05) is 37.6 Å². The number of nitrogens with zero attached hydrogens (tertiary/aromatic N) is 3. The lowest BCUT2D eigenvalue weighted by Gasteiger charge is -2.55. The summed E-state index contributed by atoms with van der Waals surface area (Å²) in [4.78, 5) is 46.0. The number of barbiturate groups is 1. The number of likely N-dealkylation sites (N-methyl/N-ethyl adjacent to an activating group) is 1. The number of hydrogen-bond donors (Lipinski definition) is 1. The van der Waals surface area contributed by atoms with Crippen LogP contribution in [0, 0.1) is 5.41 Å². The van der Waals surface area contributed by atoms with Gasteiger partial charge >= 0.3 is 6.03 Å². The fourth-order valence-corrected chi connectivity index (χ4v) is 5.71. The summed E-state index contributed by atoms with van der Waals surface area (Å²) in [6, 6.07) is 14.4. The Hall–Kier alpha value is -2.90. The third-order valence-corrected chi connectivity index (χ3v) is 7.66. The molecule has 0 bridgehead atoms. The third-order valence-electron chi connectivity index (χ3n) is 7.30. The topological polar surface area (TPSA) is 73.0 Å². The number of amides is 4. The summed E-state index contributed by atoms with van der Waals surface area (Å²) in [5.74, 6) is -0.947. The standard InChI is InChI=1S/C25H27ClN4O3/c1-2-28-13-14-29-20-10-6-9-19(26)18(20)15-25(21(29)16-28)22(31)27-24(33)30(23(25)32)12-11-17-7-4-3-5-8-17/h3-10,21H,2,11-16H2,1H3,(H,27,31,33). The van der Waals surface area contributed by atoms with Crippen molar-refractivity contribution < 1.29 is 14.4 Å². The molecule has 2 saturated heterocycles. The SMILES string of the molecule is CCN1CCN2c3cccc(Cl)c3CC3(C(=O)NC(=O)N(CCc4ccccc4)C3=O)C2C1. The molecule has 1 N–H and O–H groups in total. The Balaban J connectivity index is 1.56. The summed E-state index contributed by atoms with van der Waals surface area (Å²) < 4.78 is 0. The monoisotopic (exact) mass is 466 g/mol. The first-order chi connectivity index (χ1) is 16.0. The van der Waals surface area contributed by atoms with Crippen molar-refractivity contribution >= 4 is 35.1 Å². The van der Waals surface area contributed by atoms with Gasteiger partial charge in [0.25, 0.3) is 0 Å². The van der Waals surface area contributed by atoms with Crippen LogP contribution in [-0.2, 0) is 22.4 Å². The van der Waals surface area contributed by atoms with E-state index >= 15 is 0 Å². The van der Waals surface area contributed by atoms with Crippen LogP contribution in [0.3, 0.4) is 0 Å². The van der Waals surface area contributed by atoms with Gasteiger partial charge in [-0.15, -0.1) is 0 Å². The molecule has 0 radical (unpaired) electrons. The molecular weight excluding hydrogens is 440 g/mol. The van der Waals surface area contributed by atoms with Gasteiger partial charge in [-0.3, -0.25) is 24.7 Å². The van der Waals surface area contributed by atoms with Gasteiger partial charge in [-0.1, -0.05) is 54.9 Å². The number of hydrogen-bond acceptors (Lipinski definition) is 5. The Morgan fingerprint density at radius 1 is 1.06 bits per heavy atom. The zero-order valence-electron chi connectivity index (χ0n) is 18.6. The van der Waals surface area contributed by atoms with Crippen molar-refractivity contribution in [3.05, 3.63) is 64.7 Å². The van der Waals surface area contributed by atoms with E-state index in [9.17, 15) is 14.4 Å². The number of rotatable bonds is 4. The molecule has 1 spiro atoms. The van der Waals surface area contributed by atoms with Crippen LogP contribution in [0.15, 0.2) is 48.5 Å². The number of piperazine rings is 1. The van der Waals surface area contributed by atoms with Crippen LogP contribution in [0.2, 0.25) is 5.02 Å². The second-order valence-electron chi connectivity index (χ2n) is 8.94. The molecule has 172 valence electrons. The van der Waals surface area contributed by atoms with E-state index in [1.807, 2.05) is 42.5 Å². The van der Waals surface area contributed by atoms with E-state index in [2.05, 4.69) is 22.0 Å². The fraction of sp³-hybridized carbons (Fsp3) is 0.400. The minimum atomic E-state index is -1.41. The third kappa shape index (κ3) is 3.50. The second kappa shape index (κ2) is 8.47. The number of anilines is 1. The van der Waals surface area contributed by atoms with Gasteiger partial charge in [0.15, 0.2) is 5.41 Å². The molecule has 0 saturated carbocycles. The van der Waals surface area contributed by atoms with Crippen LogP contribution in [0.25, 0.3) is 0 Å². The first kappa shape index (κ1) is 21.9. The molecule has 3 aliphatic heterocycles. The summed E-state index contributed by atoms with van der Waals surface area (Å²) >= 11 is 6.57. The van der Waals surface area contributed by atoms with E-state index in [4.69, 9.17) is 11.6 Å². The molecule has 3 aliphatic rings. The van der Waals surface area contributed by atoms with Gasteiger partial charge < -0.3 is 4.90 Å². The maximum atomic E-state index is 14.1. The van der Waals surface area contributed by atoms with Gasteiger partial charge in [0.2, 0.25) is 11.8 Å². The summed E-state index contributed by atoms with van der Waals surface area (Å²) in [6.07, 6.45) is 0.706. The Morgan fingerprint density at radius 2 is 1.85 bits per heavy atom. The second-order valence-corrected chi connectivity index (χ2v) is 9.35. The fourth-order valence-electron chi connectivity index (χ4n) is 5.47. The van der Waals surface area contributed by atoms with E-state index < -0.39 is 23.3 Å². The largest absolute Gasteiger partial charge is 0.364 e. The number of nitrogens with one attached hydrogen (secondary N) is 1. The van der Waals surface area contributed by atoms with Crippen molar-refractivity contribution in [3.63, 3.8) is 0 Å². The maximum Gasteiger partial charge on any atom is 0.330 e. The van der Waals surface area contributed by atoms with E-state index in [0.717, 1.165) is 29.9 Å². The van der Waals surface area contributed by atoms with Crippen LogP contribution >= 0.6 is 11.6 Å². The zero-order valence-corrected chi connectivity index (χ0v) is 19.3. The number of benzene rings is 2. The lowest BCUT2D eigenvalue weighted by atomic mass is 9.67. The highest BCUT2D eigenvalue weighted by molar-refractivity contribution is 6.32. The highest BCUT2D eigenvalue weighted by Gasteiger charge is 2.62. The minimum Gasteiger partial charge on any atom is -0.364 e. The quantitative estimate of drug-likeness (QED) is 0.701. The summed E-state index contributed by atoms with van der Waals surface area (Å²) in [6.45, 7) is 5.21. The van der Waals surface area contributed by atoms with Crippen LogP contribution < -0.4 is 10.2 Å². The number of urea groups is 1. The molecule has 7 nitrogen and oxygen atoms in total. The van der Waals surface area contributed by atoms with E-state index in [0.29, 0.717) is 24.5 Å². The van der Waals surface area contributed by atoms with Crippen LogP contribution in [0.5, 0.6) is 0 Å². The highest BCUT2D eigenvalue weighted by atomic mass is 35.5. The van der Waals surface area contributed by atoms with Crippen molar-refractivity contribution in [3.8, 4) is 0 Å². The molecule has 2 aromatic carbocycles. The first-order valence-electron chi connectivity index (χ1n) is 11.4. The number of carbonyl (C=O) groups excluding carboxylic acids is 3. The number of halogens is 1. The summed E-state index contributed by atoms with van der Waals surface area (Å²) in [7, 11) is 0. The molecule has 2 fully saturated rings.